The van der Waals surface area contributed by atoms with Crippen molar-refractivity contribution in [1.29, 1.82) is 0 Å². The van der Waals surface area contributed by atoms with Crippen molar-refractivity contribution in [2.24, 2.45) is 5.92 Å². The molecule has 1 amide bonds. The predicted molar refractivity (Wildman–Crippen MR) is 90.5 cm³/mol. The molecule has 1 aliphatic rings. The number of carbonyl (C=O) groups excluding carboxylic acids is 1. The molecule has 0 aromatic heterocycles. The Kier molecular flexibility index (Phi) is 6.87. The van der Waals surface area contributed by atoms with Gasteiger partial charge in [-0.15, -0.1) is 0 Å². The monoisotopic (exact) mass is 303 g/mol. The fourth-order valence-electron chi connectivity index (χ4n) is 2.44. The van der Waals surface area contributed by atoms with Crippen LogP contribution in [-0.2, 0) is 17.9 Å². The molecule has 1 aromatic rings. The molecule has 0 bridgehead atoms. The summed E-state index contributed by atoms with van der Waals surface area (Å²) in [5.41, 5.74) is 2.48. The molecule has 0 radical (unpaired) electrons. The van der Waals surface area contributed by atoms with Crippen molar-refractivity contribution in [2.45, 2.75) is 39.8 Å². The Bertz CT molecular complexity index is 450. The molecule has 1 fully saturated rings. The number of amides is 1. The fraction of sp³-hybridized carbons (Fsp3) is 0.611. The van der Waals surface area contributed by atoms with Crippen LogP contribution < -0.4 is 10.6 Å². The van der Waals surface area contributed by atoms with Crippen molar-refractivity contribution < 1.29 is 4.79 Å². The van der Waals surface area contributed by atoms with Crippen molar-refractivity contribution in [1.82, 2.24) is 15.5 Å². The van der Waals surface area contributed by atoms with E-state index in [9.17, 15) is 4.79 Å². The largest absolute Gasteiger partial charge is 0.351 e. The zero-order chi connectivity index (χ0) is 15.8. The Morgan fingerprint density at radius 3 is 2.36 bits per heavy atom. The highest BCUT2D eigenvalue weighted by Gasteiger charge is 2.20. The standard InChI is InChI=1S/C18H29N3O/c1-3-21(4-2)14-17-9-7-16(8-10-17)12-20-18(22)13-19-11-15-5-6-15/h7-10,15,19H,3-6,11-14H2,1-2H3,(H,20,22). The molecule has 0 aliphatic heterocycles. The van der Waals surface area contributed by atoms with Gasteiger partial charge in [-0.25, -0.2) is 0 Å². The van der Waals surface area contributed by atoms with Gasteiger partial charge in [-0.05, 0) is 49.5 Å². The lowest BCUT2D eigenvalue weighted by Gasteiger charge is -2.18. The van der Waals surface area contributed by atoms with Crippen LogP contribution in [0.4, 0.5) is 0 Å². The van der Waals surface area contributed by atoms with Gasteiger partial charge < -0.3 is 10.6 Å². The first-order valence-electron chi connectivity index (χ1n) is 8.48. The number of carbonyl (C=O) groups is 1. The molecule has 0 atom stereocenters. The molecular formula is C18H29N3O. The molecule has 1 aromatic carbocycles. The Morgan fingerprint density at radius 2 is 1.77 bits per heavy atom. The molecule has 1 aliphatic carbocycles. The van der Waals surface area contributed by atoms with E-state index in [4.69, 9.17) is 0 Å². The second-order valence-corrected chi connectivity index (χ2v) is 6.13. The fourth-order valence-corrected chi connectivity index (χ4v) is 2.44. The lowest BCUT2D eigenvalue weighted by Crippen LogP contribution is -2.34. The summed E-state index contributed by atoms with van der Waals surface area (Å²) in [5, 5.41) is 6.17. The number of rotatable bonds is 10. The zero-order valence-corrected chi connectivity index (χ0v) is 13.9. The second kappa shape index (κ2) is 8.91. The third-order valence-electron chi connectivity index (χ3n) is 4.23. The van der Waals surface area contributed by atoms with E-state index >= 15 is 0 Å². The number of benzene rings is 1. The average molecular weight is 303 g/mol. The van der Waals surface area contributed by atoms with Crippen molar-refractivity contribution in [3.63, 3.8) is 0 Å². The van der Waals surface area contributed by atoms with Gasteiger partial charge in [-0.1, -0.05) is 38.1 Å². The van der Waals surface area contributed by atoms with Crippen LogP contribution in [-0.4, -0.2) is 37.0 Å². The number of nitrogens with zero attached hydrogens (tertiary/aromatic N) is 1. The van der Waals surface area contributed by atoms with E-state index < -0.39 is 0 Å². The van der Waals surface area contributed by atoms with Gasteiger partial charge in [0.05, 0.1) is 6.54 Å². The van der Waals surface area contributed by atoms with Crippen molar-refractivity contribution in [3.8, 4) is 0 Å². The van der Waals surface area contributed by atoms with Gasteiger partial charge in [0.1, 0.15) is 0 Å². The van der Waals surface area contributed by atoms with Crippen LogP contribution in [0.1, 0.15) is 37.8 Å². The molecule has 2 N–H and O–H groups in total. The van der Waals surface area contributed by atoms with Gasteiger partial charge in [-0.2, -0.15) is 0 Å². The van der Waals surface area contributed by atoms with E-state index in [-0.39, 0.29) is 5.91 Å². The summed E-state index contributed by atoms with van der Waals surface area (Å²) in [7, 11) is 0. The quantitative estimate of drug-likeness (QED) is 0.696. The first-order chi connectivity index (χ1) is 10.7. The Hall–Kier alpha value is -1.39. The molecule has 0 heterocycles. The van der Waals surface area contributed by atoms with E-state index in [0.29, 0.717) is 13.1 Å². The highest BCUT2D eigenvalue weighted by Crippen LogP contribution is 2.27. The number of nitrogens with one attached hydrogen (secondary N) is 2. The van der Waals surface area contributed by atoms with E-state index in [1.807, 2.05) is 0 Å². The molecule has 4 nitrogen and oxygen atoms in total. The molecule has 0 saturated heterocycles. The topological polar surface area (TPSA) is 44.4 Å². The zero-order valence-electron chi connectivity index (χ0n) is 13.9. The molecule has 0 spiro atoms. The van der Waals surface area contributed by atoms with Crippen LogP contribution in [0.15, 0.2) is 24.3 Å². The third-order valence-corrected chi connectivity index (χ3v) is 4.23. The van der Waals surface area contributed by atoms with Gasteiger partial charge in [0, 0.05) is 13.1 Å². The van der Waals surface area contributed by atoms with Crippen LogP contribution in [0.5, 0.6) is 0 Å². The van der Waals surface area contributed by atoms with Crippen molar-refractivity contribution in [3.05, 3.63) is 35.4 Å². The molecule has 22 heavy (non-hydrogen) atoms. The number of hydrogen-bond donors (Lipinski definition) is 2. The summed E-state index contributed by atoms with van der Waals surface area (Å²) in [6.45, 7) is 9.52. The minimum atomic E-state index is 0.0767. The molecule has 1 saturated carbocycles. The predicted octanol–water partition coefficient (Wildman–Crippen LogP) is 2.14. The second-order valence-electron chi connectivity index (χ2n) is 6.13. The van der Waals surface area contributed by atoms with E-state index in [1.54, 1.807) is 0 Å². The van der Waals surface area contributed by atoms with Crippen LogP contribution >= 0.6 is 0 Å². The summed E-state index contributed by atoms with van der Waals surface area (Å²) < 4.78 is 0. The first kappa shape index (κ1) is 17.0. The lowest BCUT2D eigenvalue weighted by atomic mass is 10.1. The van der Waals surface area contributed by atoms with Crippen LogP contribution in [0.2, 0.25) is 0 Å². The minimum Gasteiger partial charge on any atom is -0.351 e. The van der Waals surface area contributed by atoms with Gasteiger partial charge >= 0.3 is 0 Å². The summed E-state index contributed by atoms with van der Waals surface area (Å²) >= 11 is 0. The molecule has 122 valence electrons. The first-order valence-corrected chi connectivity index (χ1v) is 8.48. The van der Waals surface area contributed by atoms with Crippen LogP contribution in [0, 0.1) is 5.92 Å². The normalized spacial score (nSPS) is 14.3. The van der Waals surface area contributed by atoms with Crippen LogP contribution in [0.3, 0.4) is 0 Å². The molecule has 4 heteroatoms. The molecular weight excluding hydrogens is 274 g/mol. The van der Waals surface area contributed by atoms with E-state index in [2.05, 4.69) is 53.6 Å². The van der Waals surface area contributed by atoms with Gasteiger partial charge in [0.15, 0.2) is 0 Å². The maximum atomic E-state index is 11.7. The summed E-state index contributed by atoms with van der Waals surface area (Å²) in [6.07, 6.45) is 2.63. The van der Waals surface area contributed by atoms with Crippen molar-refractivity contribution >= 4 is 5.91 Å². The Morgan fingerprint density at radius 1 is 1.14 bits per heavy atom. The summed E-state index contributed by atoms with van der Waals surface area (Å²) in [6, 6.07) is 8.53. The van der Waals surface area contributed by atoms with Crippen molar-refractivity contribution in [2.75, 3.05) is 26.2 Å². The van der Waals surface area contributed by atoms with Gasteiger partial charge in [-0.3, -0.25) is 9.69 Å². The maximum absolute atomic E-state index is 11.7. The highest BCUT2D eigenvalue weighted by molar-refractivity contribution is 5.77. The Balaban J connectivity index is 1.67. The summed E-state index contributed by atoms with van der Waals surface area (Å²) in [4.78, 5) is 14.1. The Labute approximate surface area is 134 Å². The van der Waals surface area contributed by atoms with E-state index in [1.165, 1.54) is 18.4 Å². The minimum absolute atomic E-state index is 0.0767. The van der Waals surface area contributed by atoms with Crippen LogP contribution in [0.25, 0.3) is 0 Å². The highest BCUT2D eigenvalue weighted by atomic mass is 16.1. The number of hydrogen-bond acceptors (Lipinski definition) is 3. The SMILES string of the molecule is CCN(CC)Cc1ccc(CNC(=O)CNCC2CC2)cc1. The smallest absolute Gasteiger partial charge is 0.234 e. The lowest BCUT2D eigenvalue weighted by molar-refractivity contribution is -0.120. The maximum Gasteiger partial charge on any atom is 0.234 e. The molecule has 2 rings (SSSR count). The van der Waals surface area contributed by atoms with E-state index in [0.717, 1.165) is 37.7 Å². The van der Waals surface area contributed by atoms with Gasteiger partial charge in [0.2, 0.25) is 5.91 Å². The summed E-state index contributed by atoms with van der Waals surface area (Å²) in [5.74, 6) is 0.888. The van der Waals surface area contributed by atoms with Gasteiger partial charge in [0.25, 0.3) is 0 Å². The average Bonchev–Trinajstić information content (AvgIpc) is 3.36. The third kappa shape index (κ3) is 6.16. The molecule has 0 unspecified atom stereocenters.